The number of aromatic amines is 2. The zero-order valence-electron chi connectivity index (χ0n) is 26.0. The van der Waals surface area contributed by atoms with Crippen LogP contribution < -0.4 is 0 Å². The molecule has 2 aromatic carbocycles. The Labute approximate surface area is 273 Å². The zero-order valence-corrected chi connectivity index (χ0v) is 26.0. The number of nitrogens with zero attached hydrogens (tertiary/aromatic N) is 2. The number of rotatable bonds is 8. The monoisotopic (exact) mass is 650 g/mol. The molecule has 2 N–H and O–H groups in total. The van der Waals surface area contributed by atoms with Gasteiger partial charge in [0.15, 0.2) is 0 Å². The molecule has 5 heterocycles. The van der Waals surface area contributed by atoms with Crippen LogP contribution in [-0.2, 0) is 22.7 Å². The van der Waals surface area contributed by atoms with Crippen LogP contribution in [0.3, 0.4) is 0 Å². The third kappa shape index (κ3) is 7.15. The van der Waals surface area contributed by atoms with Crippen molar-refractivity contribution in [2.45, 2.75) is 39.3 Å². The molecule has 8 bridgehead atoms. The van der Waals surface area contributed by atoms with E-state index < -0.39 is 35.5 Å². The largest absolute Gasteiger partial charge is 0.369 e. The average Bonchev–Trinajstić information content (AvgIpc) is 3.83. The standard InChI is InChI=1S/C38H30F4N4O2/c1-21(47-19-23-7-25(39)11-26(40)8-23)35-15-33-14-31-4-3-29(43-31)13-30-5-6-32(44-30)17-37-36(16-34(46-37)18-38(35)45-33)22(2)48-20-24-9-27(41)12-28(42)10-24/h3-18,21-22,44-45H,19-20H2,1-2H3. The second-order valence-electron chi connectivity index (χ2n) is 11.8. The van der Waals surface area contributed by atoms with Gasteiger partial charge in [-0.25, -0.2) is 27.5 Å². The SMILES string of the molecule is CC(OCc1cc(F)cc(F)c1)C1=Cc2cc3[nH]c(cc4nc(cc5ccc(cc1n2)[nH]5)C=C4)cc3C(C)OCc1cc(F)cc(F)c1. The minimum absolute atomic E-state index is 0.000372. The highest BCUT2D eigenvalue weighted by molar-refractivity contribution is 5.87. The Balaban J connectivity index is 1.30. The van der Waals surface area contributed by atoms with E-state index >= 15 is 0 Å². The van der Waals surface area contributed by atoms with Gasteiger partial charge in [0.25, 0.3) is 0 Å². The fraction of sp³-hybridized carbons (Fsp3) is 0.158. The molecule has 242 valence electrons. The first-order valence-electron chi connectivity index (χ1n) is 15.4. The molecule has 5 aromatic rings. The lowest BCUT2D eigenvalue weighted by atomic mass is 10.1. The Morgan fingerprint density at radius 3 is 1.77 bits per heavy atom. The molecule has 2 atom stereocenters. The van der Waals surface area contributed by atoms with Crippen LogP contribution in [0.4, 0.5) is 17.6 Å². The predicted molar refractivity (Wildman–Crippen MR) is 178 cm³/mol. The Morgan fingerprint density at radius 2 is 1.15 bits per heavy atom. The Bertz CT molecular complexity index is 2210. The summed E-state index contributed by atoms with van der Waals surface area (Å²) in [5.74, 6) is -2.67. The van der Waals surface area contributed by atoms with Crippen LogP contribution in [-0.4, -0.2) is 26.0 Å². The van der Waals surface area contributed by atoms with Gasteiger partial charge in [-0.2, -0.15) is 0 Å². The van der Waals surface area contributed by atoms with Crippen molar-refractivity contribution in [1.29, 1.82) is 0 Å². The summed E-state index contributed by atoms with van der Waals surface area (Å²) in [4.78, 5) is 16.5. The van der Waals surface area contributed by atoms with Gasteiger partial charge in [-0.1, -0.05) is 0 Å². The van der Waals surface area contributed by atoms with E-state index in [0.29, 0.717) is 22.5 Å². The summed E-state index contributed by atoms with van der Waals surface area (Å²) in [6, 6.07) is 20.2. The number of fused-ring (bicyclic) bond motifs is 8. The lowest BCUT2D eigenvalue weighted by molar-refractivity contribution is 0.0533. The first-order chi connectivity index (χ1) is 23.1. The van der Waals surface area contributed by atoms with E-state index in [-0.39, 0.29) is 13.2 Å². The lowest BCUT2D eigenvalue weighted by Crippen LogP contribution is -2.10. The summed E-state index contributed by atoms with van der Waals surface area (Å²) in [6.07, 6.45) is 4.83. The fourth-order valence-electron chi connectivity index (χ4n) is 5.80. The normalized spacial score (nSPS) is 13.8. The lowest BCUT2D eigenvalue weighted by Gasteiger charge is -2.14. The molecule has 2 aliphatic heterocycles. The van der Waals surface area contributed by atoms with Gasteiger partial charge in [-0.05, 0) is 110 Å². The summed E-state index contributed by atoms with van der Waals surface area (Å²) >= 11 is 0. The van der Waals surface area contributed by atoms with Crippen molar-refractivity contribution in [3.63, 3.8) is 0 Å². The number of H-pyrrole nitrogens is 2. The van der Waals surface area contributed by atoms with E-state index in [0.717, 1.165) is 56.7 Å². The van der Waals surface area contributed by atoms with Crippen LogP contribution in [0.25, 0.3) is 45.9 Å². The Hall–Kier alpha value is -5.32. The molecular weight excluding hydrogens is 620 g/mol. The van der Waals surface area contributed by atoms with E-state index in [1.807, 2.05) is 74.5 Å². The molecule has 48 heavy (non-hydrogen) atoms. The van der Waals surface area contributed by atoms with Gasteiger partial charge in [0, 0.05) is 45.3 Å². The van der Waals surface area contributed by atoms with E-state index in [2.05, 4.69) is 9.97 Å². The maximum atomic E-state index is 13.8. The number of hydrogen-bond donors (Lipinski definition) is 2. The molecule has 0 fully saturated rings. The molecule has 2 aliphatic rings. The van der Waals surface area contributed by atoms with E-state index in [9.17, 15) is 17.6 Å². The molecule has 0 saturated heterocycles. The van der Waals surface area contributed by atoms with Gasteiger partial charge in [0.05, 0.1) is 48.2 Å². The number of benzene rings is 2. The summed E-state index contributed by atoms with van der Waals surface area (Å²) in [6.45, 7) is 3.73. The quantitative estimate of drug-likeness (QED) is 0.161. The Kier molecular flexibility index (Phi) is 8.51. The van der Waals surface area contributed by atoms with Crippen molar-refractivity contribution in [1.82, 2.24) is 19.9 Å². The van der Waals surface area contributed by atoms with Crippen LogP contribution in [0.5, 0.6) is 0 Å². The van der Waals surface area contributed by atoms with Crippen molar-refractivity contribution in [2.24, 2.45) is 0 Å². The summed E-state index contributed by atoms with van der Waals surface area (Å²) in [7, 11) is 0. The molecule has 0 amide bonds. The molecule has 7 rings (SSSR count). The topological polar surface area (TPSA) is 75.8 Å². The maximum Gasteiger partial charge on any atom is 0.126 e. The third-order valence-electron chi connectivity index (χ3n) is 8.08. The van der Waals surface area contributed by atoms with Crippen molar-refractivity contribution in [3.05, 3.63) is 142 Å². The highest BCUT2D eigenvalue weighted by Gasteiger charge is 2.19. The predicted octanol–water partition coefficient (Wildman–Crippen LogP) is 9.47. The molecule has 0 saturated carbocycles. The van der Waals surface area contributed by atoms with Gasteiger partial charge in [-0.15, -0.1) is 0 Å². The average molecular weight is 651 g/mol. The van der Waals surface area contributed by atoms with Gasteiger partial charge in [0.1, 0.15) is 23.3 Å². The van der Waals surface area contributed by atoms with E-state index in [4.69, 9.17) is 19.4 Å². The third-order valence-corrected chi connectivity index (χ3v) is 8.08. The van der Waals surface area contributed by atoms with Crippen LogP contribution in [0, 0.1) is 23.3 Å². The zero-order chi connectivity index (χ0) is 33.4. The van der Waals surface area contributed by atoms with Crippen LogP contribution >= 0.6 is 0 Å². The van der Waals surface area contributed by atoms with Crippen molar-refractivity contribution < 1.29 is 27.0 Å². The number of nitrogens with one attached hydrogen (secondary N) is 2. The summed E-state index contributed by atoms with van der Waals surface area (Å²) in [5.41, 5.74) is 8.37. The maximum absolute atomic E-state index is 13.8. The highest BCUT2D eigenvalue weighted by Crippen LogP contribution is 2.30. The molecular formula is C38H30F4N4O2. The van der Waals surface area contributed by atoms with Crippen LogP contribution in [0.1, 0.15) is 59.4 Å². The fourth-order valence-corrected chi connectivity index (χ4v) is 5.80. The molecule has 6 nitrogen and oxygen atoms in total. The highest BCUT2D eigenvalue weighted by atomic mass is 19.1. The van der Waals surface area contributed by atoms with Gasteiger partial charge in [0.2, 0.25) is 0 Å². The van der Waals surface area contributed by atoms with E-state index in [1.165, 1.54) is 24.3 Å². The number of ether oxygens (including phenoxy) is 2. The van der Waals surface area contributed by atoms with Crippen molar-refractivity contribution in [2.75, 3.05) is 0 Å². The van der Waals surface area contributed by atoms with E-state index in [1.54, 1.807) is 0 Å². The number of hydrogen-bond acceptors (Lipinski definition) is 4. The molecule has 10 heteroatoms. The minimum atomic E-state index is -0.668. The number of halogens is 4. The van der Waals surface area contributed by atoms with Gasteiger partial charge >= 0.3 is 0 Å². The Morgan fingerprint density at radius 1 is 0.583 bits per heavy atom. The van der Waals surface area contributed by atoms with Crippen LogP contribution in [0.15, 0.2) is 78.9 Å². The first kappa shape index (κ1) is 31.3. The second-order valence-corrected chi connectivity index (χ2v) is 11.8. The van der Waals surface area contributed by atoms with Crippen molar-refractivity contribution >= 4 is 45.9 Å². The molecule has 0 aliphatic carbocycles. The summed E-state index contributed by atoms with van der Waals surface area (Å²) < 4.78 is 67.4. The minimum Gasteiger partial charge on any atom is -0.369 e. The smallest absolute Gasteiger partial charge is 0.126 e. The summed E-state index contributed by atoms with van der Waals surface area (Å²) in [5, 5.41) is 0. The molecule has 3 aromatic heterocycles. The second kappa shape index (κ2) is 13.1. The molecule has 0 radical (unpaired) electrons. The van der Waals surface area contributed by atoms with Gasteiger partial charge in [-0.3, -0.25) is 0 Å². The number of aromatic nitrogens is 4. The van der Waals surface area contributed by atoms with Gasteiger partial charge < -0.3 is 19.4 Å². The first-order valence-corrected chi connectivity index (χ1v) is 15.4. The van der Waals surface area contributed by atoms with Crippen molar-refractivity contribution in [3.8, 4) is 0 Å². The molecule has 0 spiro atoms. The van der Waals surface area contributed by atoms with Crippen LogP contribution in [0.2, 0.25) is 0 Å². The molecule has 2 unspecified atom stereocenters.